The van der Waals surface area contributed by atoms with Gasteiger partial charge in [0.15, 0.2) is 0 Å². The molecule has 0 N–H and O–H groups in total. The summed E-state index contributed by atoms with van der Waals surface area (Å²) in [5, 5.41) is 0.587. The minimum Gasteiger partial charge on any atom is -0.371 e. The van der Waals surface area contributed by atoms with Crippen molar-refractivity contribution < 1.29 is 0 Å². The molecule has 0 atom stereocenters. The molecule has 1 fully saturated rings. The average molecular weight is 225 g/mol. The lowest BCUT2D eigenvalue weighted by Gasteiger charge is -2.24. The second-order valence-electron chi connectivity index (χ2n) is 4.23. The van der Waals surface area contributed by atoms with E-state index in [0.717, 1.165) is 12.5 Å². The van der Waals surface area contributed by atoms with E-state index in [2.05, 4.69) is 16.8 Å². The van der Waals surface area contributed by atoms with Gasteiger partial charge in [-0.2, -0.15) is 0 Å². The second-order valence-corrected chi connectivity index (χ2v) is 4.61. The Bertz CT molecular complexity index is 323. The van der Waals surface area contributed by atoms with Gasteiger partial charge in [-0.25, -0.2) is 4.98 Å². The molecule has 0 radical (unpaired) electrons. The number of hydrogen-bond acceptors (Lipinski definition) is 2. The Morgan fingerprint density at radius 3 is 2.93 bits per heavy atom. The summed E-state index contributed by atoms with van der Waals surface area (Å²) in [5.74, 6) is 0.906. The number of pyridine rings is 1. The van der Waals surface area contributed by atoms with Gasteiger partial charge in [-0.05, 0) is 37.3 Å². The second kappa shape index (κ2) is 4.84. The minimum absolute atomic E-state index is 0.587. The quantitative estimate of drug-likeness (QED) is 0.713. The van der Waals surface area contributed by atoms with Gasteiger partial charge in [-0.1, -0.05) is 18.5 Å². The van der Waals surface area contributed by atoms with Crippen molar-refractivity contribution in [2.75, 3.05) is 18.0 Å². The molecule has 0 amide bonds. The third-order valence-electron chi connectivity index (χ3n) is 2.74. The SMILES string of the molecule is CCCN(CC1CC1)c1ccnc(Cl)c1. The van der Waals surface area contributed by atoms with E-state index in [4.69, 9.17) is 11.6 Å². The molecule has 3 heteroatoms. The molecular weight excluding hydrogens is 208 g/mol. The average Bonchev–Trinajstić information content (AvgIpc) is 3.01. The molecule has 1 aromatic heterocycles. The molecule has 0 aromatic carbocycles. The van der Waals surface area contributed by atoms with Crippen LogP contribution in [-0.2, 0) is 0 Å². The van der Waals surface area contributed by atoms with Gasteiger partial charge in [0.25, 0.3) is 0 Å². The van der Waals surface area contributed by atoms with E-state index in [1.54, 1.807) is 6.20 Å². The van der Waals surface area contributed by atoms with Crippen LogP contribution < -0.4 is 4.90 Å². The maximum atomic E-state index is 5.90. The number of anilines is 1. The molecule has 1 aromatic rings. The molecule has 0 unspecified atom stereocenters. The molecule has 0 aliphatic heterocycles. The molecule has 2 rings (SSSR count). The molecule has 0 bridgehead atoms. The maximum absolute atomic E-state index is 5.90. The van der Waals surface area contributed by atoms with Crippen molar-refractivity contribution in [3.05, 3.63) is 23.5 Å². The van der Waals surface area contributed by atoms with Gasteiger partial charge >= 0.3 is 0 Å². The van der Waals surface area contributed by atoms with E-state index in [0.29, 0.717) is 5.15 Å². The van der Waals surface area contributed by atoms with Crippen molar-refractivity contribution in [1.82, 2.24) is 4.98 Å². The third-order valence-corrected chi connectivity index (χ3v) is 2.95. The van der Waals surface area contributed by atoms with Gasteiger partial charge in [0.2, 0.25) is 0 Å². The molecule has 1 aliphatic rings. The first kappa shape index (κ1) is 10.7. The summed E-state index contributed by atoms with van der Waals surface area (Å²) >= 11 is 5.90. The first-order valence-electron chi connectivity index (χ1n) is 5.66. The smallest absolute Gasteiger partial charge is 0.131 e. The fourth-order valence-corrected chi connectivity index (χ4v) is 1.96. The Morgan fingerprint density at radius 2 is 2.33 bits per heavy atom. The summed E-state index contributed by atoms with van der Waals surface area (Å²) in [7, 11) is 0. The van der Waals surface area contributed by atoms with Crippen LogP contribution in [0.3, 0.4) is 0 Å². The fraction of sp³-hybridized carbons (Fsp3) is 0.583. The van der Waals surface area contributed by atoms with Crippen molar-refractivity contribution in [2.45, 2.75) is 26.2 Å². The highest BCUT2D eigenvalue weighted by molar-refractivity contribution is 6.29. The van der Waals surface area contributed by atoms with E-state index in [9.17, 15) is 0 Å². The van der Waals surface area contributed by atoms with Crippen LogP contribution in [0.25, 0.3) is 0 Å². The Morgan fingerprint density at radius 1 is 1.53 bits per heavy atom. The molecule has 0 spiro atoms. The summed E-state index contributed by atoms with van der Waals surface area (Å²) in [5.41, 5.74) is 1.21. The van der Waals surface area contributed by atoms with Gasteiger partial charge in [-0.3, -0.25) is 0 Å². The molecule has 2 nitrogen and oxygen atoms in total. The predicted octanol–water partition coefficient (Wildman–Crippen LogP) is 3.36. The Labute approximate surface area is 96.3 Å². The van der Waals surface area contributed by atoms with Gasteiger partial charge < -0.3 is 4.90 Å². The van der Waals surface area contributed by atoms with Crippen LogP contribution in [0.1, 0.15) is 26.2 Å². The van der Waals surface area contributed by atoms with Crippen LogP contribution in [0.5, 0.6) is 0 Å². The lowest BCUT2D eigenvalue weighted by Crippen LogP contribution is -2.26. The highest BCUT2D eigenvalue weighted by Gasteiger charge is 2.24. The van der Waals surface area contributed by atoms with E-state index in [-0.39, 0.29) is 0 Å². The van der Waals surface area contributed by atoms with Crippen molar-refractivity contribution in [3.8, 4) is 0 Å². The zero-order valence-electron chi connectivity index (χ0n) is 9.12. The van der Waals surface area contributed by atoms with Gasteiger partial charge in [0.1, 0.15) is 5.15 Å². The largest absolute Gasteiger partial charge is 0.371 e. The number of aromatic nitrogens is 1. The van der Waals surface area contributed by atoms with Crippen LogP contribution in [0.2, 0.25) is 5.15 Å². The maximum Gasteiger partial charge on any atom is 0.131 e. The predicted molar refractivity (Wildman–Crippen MR) is 64.5 cm³/mol. The number of hydrogen-bond donors (Lipinski definition) is 0. The normalized spacial score (nSPS) is 15.3. The topological polar surface area (TPSA) is 16.1 Å². The Hall–Kier alpha value is -0.760. The van der Waals surface area contributed by atoms with Crippen LogP contribution in [-0.4, -0.2) is 18.1 Å². The van der Waals surface area contributed by atoms with Crippen LogP contribution in [0, 0.1) is 5.92 Å². The number of halogens is 1. The zero-order valence-corrected chi connectivity index (χ0v) is 9.87. The van der Waals surface area contributed by atoms with Gasteiger partial charge in [-0.15, -0.1) is 0 Å². The Kier molecular flexibility index (Phi) is 3.47. The number of nitrogens with zero attached hydrogens (tertiary/aromatic N) is 2. The highest BCUT2D eigenvalue weighted by Crippen LogP contribution is 2.31. The Balaban J connectivity index is 2.07. The minimum atomic E-state index is 0.587. The van der Waals surface area contributed by atoms with E-state index >= 15 is 0 Å². The lowest BCUT2D eigenvalue weighted by molar-refractivity contribution is 0.707. The molecular formula is C12H17ClN2. The standard InChI is InChI=1S/C12H17ClN2/c1-2-7-15(9-10-3-4-10)11-5-6-14-12(13)8-11/h5-6,8,10H,2-4,7,9H2,1H3. The van der Waals surface area contributed by atoms with Crippen molar-refractivity contribution >= 4 is 17.3 Å². The summed E-state index contributed by atoms with van der Waals surface area (Å²) in [6.07, 6.45) is 5.73. The van der Waals surface area contributed by atoms with Crippen LogP contribution >= 0.6 is 11.6 Å². The van der Waals surface area contributed by atoms with Gasteiger partial charge in [0, 0.05) is 25.0 Å². The first-order chi connectivity index (χ1) is 7.29. The lowest BCUT2D eigenvalue weighted by atomic mass is 10.3. The van der Waals surface area contributed by atoms with Crippen LogP contribution in [0.4, 0.5) is 5.69 Å². The van der Waals surface area contributed by atoms with E-state index < -0.39 is 0 Å². The molecule has 1 heterocycles. The van der Waals surface area contributed by atoms with Crippen molar-refractivity contribution in [2.24, 2.45) is 5.92 Å². The first-order valence-corrected chi connectivity index (χ1v) is 6.04. The number of rotatable bonds is 5. The molecule has 15 heavy (non-hydrogen) atoms. The van der Waals surface area contributed by atoms with Gasteiger partial charge in [0.05, 0.1) is 0 Å². The molecule has 1 saturated carbocycles. The molecule has 82 valence electrons. The van der Waals surface area contributed by atoms with Crippen molar-refractivity contribution in [1.29, 1.82) is 0 Å². The molecule has 0 saturated heterocycles. The summed E-state index contributed by atoms with van der Waals surface area (Å²) in [4.78, 5) is 6.44. The zero-order chi connectivity index (χ0) is 10.7. The summed E-state index contributed by atoms with van der Waals surface area (Å²) in [6, 6.07) is 4.00. The monoisotopic (exact) mass is 224 g/mol. The third kappa shape index (κ3) is 3.10. The highest BCUT2D eigenvalue weighted by atomic mass is 35.5. The fourth-order valence-electron chi connectivity index (χ4n) is 1.80. The summed E-state index contributed by atoms with van der Waals surface area (Å²) < 4.78 is 0. The van der Waals surface area contributed by atoms with E-state index in [1.807, 2.05) is 12.1 Å². The van der Waals surface area contributed by atoms with Crippen molar-refractivity contribution in [3.63, 3.8) is 0 Å². The van der Waals surface area contributed by atoms with E-state index in [1.165, 1.54) is 31.5 Å². The molecule has 1 aliphatic carbocycles. The summed E-state index contributed by atoms with van der Waals surface area (Å²) in [6.45, 7) is 4.49. The van der Waals surface area contributed by atoms with Crippen LogP contribution in [0.15, 0.2) is 18.3 Å².